The zero-order valence-electron chi connectivity index (χ0n) is 10.8. The minimum Gasteiger partial charge on any atom is -0.496 e. The Kier molecular flexibility index (Phi) is 4.52. The van der Waals surface area contributed by atoms with Crippen molar-refractivity contribution in [2.75, 3.05) is 20.8 Å². The zero-order chi connectivity index (χ0) is 13.0. The van der Waals surface area contributed by atoms with Crippen LogP contribution in [0.5, 0.6) is 5.75 Å². The van der Waals surface area contributed by atoms with Gasteiger partial charge in [-0.25, -0.2) is 0 Å². The Morgan fingerprint density at radius 3 is 2.29 bits per heavy atom. The fourth-order valence-corrected chi connectivity index (χ4v) is 1.94. The fraction of sp³-hybridized carbons (Fsp3) is 0.462. The monoisotopic (exact) mass is 237 g/mol. The number of aliphatic hydroxyl groups is 1. The van der Waals surface area contributed by atoms with Gasteiger partial charge < -0.3 is 14.7 Å². The average molecular weight is 237 g/mol. The van der Waals surface area contributed by atoms with Gasteiger partial charge in [-0.15, -0.1) is 0 Å². The van der Waals surface area contributed by atoms with Crippen LogP contribution in [0, 0.1) is 13.8 Å². The SMILES string of the molecule is COc1c(C)cc(CN(C)C(=O)CO)cc1C. The lowest BCUT2D eigenvalue weighted by Crippen LogP contribution is -2.28. The molecule has 0 spiro atoms. The molecule has 0 unspecified atom stereocenters. The summed E-state index contributed by atoms with van der Waals surface area (Å²) in [5.41, 5.74) is 3.13. The van der Waals surface area contributed by atoms with E-state index in [4.69, 9.17) is 9.84 Å². The lowest BCUT2D eigenvalue weighted by molar-refractivity contribution is -0.133. The van der Waals surface area contributed by atoms with E-state index in [1.54, 1.807) is 14.2 Å². The van der Waals surface area contributed by atoms with Gasteiger partial charge in [0.1, 0.15) is 12.4 Å². The van der Waals surface area contributed by atoms with Crippen LogP contribution >= 0.6 is 0 Å². The molecule has 0 aliphatic rings. The smallest absolute Gasteiger partial charge is 0.248 e. The first-order valence-corrected chi connectivity index (χ1v) is 5.48. The minimum atomic E-state index is -0.454. The van der Waals surface area contributed by atoms with Crippen molar-refractivity contribution in [3.05, 3.63) is 28.8 Å². The number of aryl methyl sites for hydroxylation is 2. The van der Waals surface area contributed by atoms with Gasteiger partial charge in [0.15, 0.2) is 0 Å². The lowest BCUT2D eigenvalue weighted by atomic mass is 10.1. The third-order valence-electron chi connectivity index (χ3n) is 2.71. The van der Waals surface area contributed by atoms with Crippen LogP contribution in [0.3, 0.4) is 0 Å². The number of amides is 1. The van der Waals surface area contributed by atoms with Crippen LogP contribution < -0.4 is 4.74 Å². The molecule has 0 radical (unpaired) electrons. The van der Waals surface area contributed by atoms with Gasteiger partial charge in [-0.2, -0.15) is 0 Å². The molecule has 0 aromatic heterocycles. The molecule has 0 fully saturated rings. The van der Waals surface area contributed by atoms with Crippen LogP contribution in [0.2, 0.25) is 0 Å². The first kappa shape index (κ1) is 13.5. The molecule has 1 aromatic rings. The van der Waals surface area contributed by atoms with E-state index in [1.807, 2.05) is 26.0 Å². The third-order valence-corrected chi connectivity index (χ3v) is 2.71. The van der Waals surface area contributed by atoms with Crippen LogP contribution in [0.25, 0.3) is 0 Å². The Hall–Kier alpha value is -1.55. The van der Waals surface area contributed by atoms with Crippen molar-refractivity contribution in [3.8, 4) is 5.75 Å². The summed E-state index contributed by atoms with van der Waals surface area (Å²) in [6, 6.07) is 3.99. The van der Waals surface area contributed by atoms with Gasteiger partial charge in [-0.05, 0) is 30.5 Å². The van der Waals surface area contributed by atoms with E-state index in [1.165, 1.54) is 4.90 Å². The van der Waals surface area contributed by atoms with Crippen molar-refractivity contribution in [2.45, 2.75) is 20.4 Å². The van der Waals surface area contributed by atoms with Crippen LogP contribution in [0.1, 0.15) is 16.7 Å². The number of likely N-dealkylation sites (N-methyl/N-ethyl adjacent to an activating group) is 1. The summed E-state index contributed by atoms with van der Waals surface area (Å²) in [4.78, 5) is 12.8. The Morgan fingerprint density at radius 2 is 1.88 bits per heavy atom. The maximum Gasteiger partial charge on any atom is 0.248 e. The summed E-state index contributed by atoms with van der Waals surface area (Å²) in [7, 11) is 3.32. The number of aliphatic hydroxyl groups excluding tert-OH is 1. The molecule has 1 aromatic carbocycles. The van der Waals surface area contributed by atoms with E-state index in [9.17, 15) is 4.79 Å². The number of carbonyl (C=O) groups is 1. The highest BCUT2D eigenvalue weighted by atomic mass is 16.5. The highest BCUT2D eigenvalue weighted by molar-refractivity contribution is 5.76. The zero-order valence-corrected chi connectivity index (χ0v) is 10.8. The van der Waals surface area contributed by atoms with Gasteiger partial charge in [0, 0.05) is 13.6 Å². The molecule has 4 nitrogen and oxygen atoms in total. The number of hydrogen-bond donors (Lipinski definition) is 1. The van der Waals surface area contributed by atoms with Crippen LogP contribution in [0.4, 0.5) is 0 Å². The van der Waals surface area contributed by atoms with E-state index in [-0.39, 0.29) is 5.91 Å². The van der Waals surface area contributed by atoms with Crippen molar-refractivity contribution in [1.29, 1.82) is 0 Å². The second-order valence-electron chi connectivity index (χ2n) is 4.17. The number of benzene rings is 1. The second kappa shape index (κ2) is 5.68. The number of nitrogens with zero attached hydrogens (tertiary/aromatic N) is 1. The molecule has 0 saturated carbocycles. The van der Waals surface area contributed by atoms with Gasteiger partial charge in [-0.1, -0.05) is 12.1 Å². The minimum absolute atomic E-state index is 0.281. The maximum absolute atomic E-state index is 11.3. The molecule has 0 atom stereocenters. The van der Waals surface area contributed by atoms with Gasteiger partial charge >= 0.3 is 0 Å². The first-order valence-electron chi connectivity index (χ1n) is 5.48. The van der Waals surface area contributed by atoms with Gasteiger partial charge in [-0.3, -0.25) is 4.79 Å². The van der Waals surface area contributed by atoms with E-state index in [0.29, 0.717) is 6.54 Å². The van der Waals surface area contributed by atoms with Crippen molar-refractivity contribution in [3.63, 3.8) is 0 Å². The standard InChI is InChI=1S/C13H19NO3/c1-9-5-11(6-10(2)13(9)17-4)7-14(3)12(16)8-15/h5-6,15H,7-8H2,1-4H3. The largest absolute Gasteiger partial charge is 0.496 e. The molecule has 0 saturated heterocycles. The summed E-state index contributed by atoms with van der Waals surface area (Å²) in [5, 5.41) is 8.76. The van der Waals surface area contributed by atoms with E-state index in [2.05, 4.69) is 0 Å². The summed E-state index contributed by atoms with van der Waals surface area (Å²) in [6.45, 7) is 3.99. The van der Waals surface area contributed by atoms with Crippen molar-refractivity contribution in [1.82, 2.24) is 4.90 Å². The Balaban J connectivity index is 2.90. The summed E-state index contributed by atoms with van der Waals surface area (Å²) in [5.74, 6) is 0.598. The quantitative estimate of drug-likeness (QED) is 0.857. The Labute approximate surface area is 102 Å². The topological polar surface area (TPSA) is 49.8 Å². The number of rotatable bonds is 4. The number of ether oxygens (including phenoxy) is 1. The normalized spacial score (nSPS) is 10.2. The highest BCUT2D eigenvalue weighted by Crippen LogP contribution is 2.24. The van der Waals surface area contributed by atoms with E-state index >= 15 is 0 Å². The van der Waals surface area contributed by atoms with Crippen LogP contribution in [-0.4, -0.2) is 36.7 Å². The summed E-state index contributed by atoms with van der Waals surface area (Å²) in [6.07, 6.45) is 0. The Bertz CT molecular complexity index is 392. The third kappa shape index (κ3) is 3.20. The molecule has 4 heteroatoms. The molecule has 94 valence electrons. The average Bonchev–Trinajstić information content (AvgIpc) is 2.27. The maximum atomic E-state index is 11.3. The number of hydrogen-bond acceptors (Lipinski definition) is 3. The van der Waals surface area contributed by atoms with Gasteiger partial charge in [0.2, 0.25) is 5.91 Å². The van der Waals surface area contributed by atoms with Gasteiger partial charge in [0.05, 0.1) is 7.11 Å². The summed E-state index contributed by atoms with van der Waals surface area (Å²) < 4.78 is 5.28. The first-order chi connectivity index (χ1) is 7.99. The number of carbonyl (C=O) groups excluding carboxylic acids is 1. The predicted molar refractivity (Wildman–Crippen MR) is 66.0 cm³/mol. The Morgan fingerprint density at radius 1 is 1.35 bits per heavy atom. The van der Waals surface area contributed by atoms with Crippen molar-refractivity contribution in [2.24, 2.45) is 0 Å². The van der Waals surface area contributed by atoms with Crippen molar-refractivity contribution >= 4 is 5.91 Å². The molecule has 1 N–H and O–H groups in total. The molecule has 1 amide bonds. The lowest BCUT2D eigenvalue weighted by Gasteiger charge is -2.18. The molecule has 0 aliphatic heterocycles. The molecular weight excluding hydrogens is 218 g/mol. The number of methoxy groups -OCH3 is 1. The van der Waals surface area contributed by atoms with E-state index in [0.717, 1.165) is 22.4 Å². The molecular formula is C13H19NO3. The molecule has 1 rings (SSSR count). The van der Waals surface area contributed by atoms with Gasteiger partial charge in [0.25, 0.3) is 0 Å². The van der Waals surface area contributed by atoms with E-state index < -0.39 is 6.61 Å². The molecule has 0 heterocycles. The molecule has 0 aliphatic carbocycles. The molecule has 0 bridgehead atoms. The fourth-order valence-electron chi connectivity index (χ4n) is 1.94. The van der Waals surface area contributed by atoms with Crippen LogP contribution in [-0.2, 0) is 11.3 Å². The highest BCUT2D eigenvalue weighted by Gasteiger charge is 2.10. The summed E-state index contributed by atoms with van der Waals surface area (Å²) >= 11 is 0. The second-order valence-corrected chi connectivity index (χ2v) is 4.17. The predicted octanol–water partition coefficient (Wildman–Crippen LogP) is 1.26. The van der Waals surface area contributed by atoms with Crippen LogP contribution in [0.15, 0.2) is 12.1 Å². The van der Waals surface area contributed by atoms with Crippen molar-refractivity contribution < 1.29 is 14.6 Å². The molecule has 17 heavy (non-hydrogen) atoms.